The van der Waals surface area contributed by atoms with E-state index in [1.807, 2.05) is 42.2 Å². The first-order valence-corrected chi connectivity index (χ1v) is 11.3. The highest BCUT2D eigenvalue weighted by atomic mass is 19.4. The number of ether oxygens (including phenoxy) is 1. The standard InChI is InChI=1S/C25H28F3N3O2/c1-2-31(24(32)23-14-18-6-3-4-9-22(18)30-23)20-8-5-7-19(15-20)29-16-17-10-12-21(13-11-17)33-25(26,27)28/h3-4,6,9-14,19-20,29-30H,2,5,7-8,15-16H2,1H3/t19-,20+/m1/s1. The van der Waals surface area contributed by atoms with Crippen molar-refractivity contribution in [2.75, 3.05) is 6.54 Å². The number of carbonyl (C=O) groups excluding carboxylic acids is 1. The Morgan fingerprint density at radius 3 is 2.61 bits per heavy atom. The zero-order chi connectivity index (χ0) is 23.4. The van der Waals surface area contributed by atoms with Crippen LogP contribution in [0.3, 0.4) is 0 Å². The van der Waals surface area contributed by atoms with Gasteiger partial charge in [0.05, 0.1) is 0 Å². The van der Waals surface area contributed by atoms with Crippen molar-refractivity contribution in [3.8, 4) is 5.75 Å². The molecule has 1 amide bonds. The summed E-state index contributed by atoms with van der Waals surface area (Å²) < 4.78 is 40.9. The van der Waals surface area contributed by atoms with Gasteiger partial charge in [0.2, 0.25) is 0 Å². The number of alkyl halides is 3. The molecule has 5 nitrogen and oxygen atoms in total. The number of rotatable bonds is 7. The van der Waals surface area contributed by atoms with Gasteiger partial charge in [-0.2, -0.15) is 0 Å². The second-order valence-corrected chi connectivity index (χ2v) is 8.45. The third-order valence-corrected chi connectivity index (χ3v) is 6.20. The molecular formula is C25H28F3N3O2. The molecule has 0 saturated heterocycles. The van der Waals surface area contributed by atoms with E-state index in [2.05, 4.69) is 15.0 Å². The summed E-state index contributed by atoms with van der Waals surface area (Å²) in [5.74, 6) is -0.210. The predicted octanol–water partition coefficient (Wildman–Crippen LogP) is 5.63. The summed E-state index contributed by atoms with van der Waals surface area (Å²) in [7, 11) is 0. The molecule has 1 saturated carbocycles. The number of para-hydroxylation sites is 1. The number of hydrogen-bond donors (Lipinski definition) is 2. The number of fused-ring (bicyclic) bond motifs is 1. The van der Waals surface area contributed by atoms with Crippen molar-refractivity contribution in [2.45, 2.75) is 57.6 Å². The van der Waals surface area contributed by atoms with E-state index >= 15 is 0 Å². The van der Waals surface area contributed by atoms with Gasteiger partial charge in [-0.1, -0.05) is 30.3 Å². The number of hydrogen-bond acceptors (Lipinski definition) is 3. The molecule has 8 heteroatoms. The fraction of sp³-hybridized carbons (Fsp3) is 0.400. The van der Waals surface area contributed by atoms with Crippen LogP contribution < -0.4 is 10.1 Å². The predicted molar refractivity (Wildman–Crippen MR) is 121 cm³/mol. The zero-order valence-electron chi connectivity index (χ0n) is 18.5. The molecule has 2 N–H and O–H groups in total. The van der Waals surface area contributed by atoms with Crippen LogP contribution in [-0.4, -0.2) is 40.8 Å². The lowest BCUT2D eigenvalue weighted by molar-refractivity contribution is -0.274. The fourth-order valence-corrected chi connectivity index (χ4v) is 4.61. The number of nitrogens with one attached hydrogen (secondary N) is 2. The van der Waals surface area contributed by atoms with Gasteiger partial charge in [-0.15, -0.1) is 13.2 Å². The first-order chi connectivity index (χ1) is 15.8. The summed E-state index contributed by atoms with van der Waals surface area (Å²) in [6.45, 7) is 3.18. The molecule has 1 heterocycles. The highest BCUT2D eigenvalue weighted by Crippen LogP contribution is 2.26. The quantitative estimate of drug-likeness (QED) is 0.482. The van der Waals surface area contributed by atoms with Gasteiger partial charge in [0.15, 0.2) is 0 Å². The smallest absolute Gasteiger partial charge is 0.406 e. The van der Waals surface area contributed by atoms with E-state index in [0.717, 1.165) is 42.1 Å². The largest absolute Gasteiger partial charge is 0.573 e. The number of amides is 1. The average Bonchev–Trinajstić information content (AvgIpc) is 3.23. The Balaban J connectivity index is 1.35. The number of nitrogens with zero attached hydrogens (tertiary/aromatic N) is 1. The van der Waals surface area contributed by atoms with Gasteiger partial charge in [0.25, 0.3) is 5.91 Å². The lowest BCUT2D eigenvalue weighted by Gasteiger charge is -2.37. The molecule has 1 aromatic heterocycles. The van der Waals surface area contributed by atoms with E-state index in [4.69, 9.17) is 0 Å². The number of halogens is 3. The van der Waals surface area contributed by atoms with E-state index in [-0.39, 0.29) is 23.7 Å². The van der Waals surface area contributed by atoms with Crippen LogP contribution in [0, 0.1) is 0 Å². The Morgan fingerprint density at radius 2 is 1.91 bits per heavy atom. The van der Waals surface area contributed by atoms with Gasteiger partial charge in [-0.3, -0.25) is 4.79 Å². The van der Waals surface area contributed by atoms with Gasteiger partial charge in [-0.05, 0) is 62.4 Å². The molecule has 3 aromatic rings. The average molecular weight is 460 g/mol. The van der Waals surface area contributed by atoms with Gasteiger partial charge in [0, 0.05) is 36.1 Å². The van der Waals surface area contributed by atoms with Crippen LogP contribution in [0.5, 0.6) is 5.75 Å². The summed E-state index contributed by atoms with van der Waals surface area (Å²) in [5, 5.41) is 4.53. The summed E-state index contributed by atoms with van der Waals surface area (Å²) in [5.41, 5.74) is 2.44. The molecule has 176 valence electrons. The highest BCUT2D eigenvalue weighted by molar-refractivity contribution is 5.98. The molecule has 0 aliphatic heterocycles. The van der Waals surface area contributed by atoms with Crippen LogP contribution in [0.1, 0.15) is 48.7 Å². The molecule has 4 rings (SSSR count). The number of aromatic nitrogens is 1. The van der Waals surface area contributed by atoms with Crippen molar-refractivity contribution in [2.24, 2.45) is 0 Å². The number of H-pyrrole nitrogens is 1. The number of aromatic amines is 1. The summed E-state index contributed by atoms with van der Waals surface area (Å²) in [6.07, 6.45) is -0.871. The van der Waals surface area contributed by atoms with Crippen LogP contribution in [0.2, 0.25) is 0 Å². The Hall–Kier alpha value is -3.00. The second kappa shape index (κ2) is 9.87. The van der Waals surface area contributed by atoms with E-state index in [0.29, 0.717) is 18.8 Å². The summed E-state index contributed by atoms with van der Waals surface area (Å²) >= 11 is 0. The van der Waals surface area contributed by atoms with Crippen LogP contribution >= 0.6 is 0 Å². The van der Waals surface area contributed by atoms with E-state index in [1.165, 1.54) is 12.1 Å². The molecule has 2 atom stereocenters. The third-order valence-electron chi connectivity index (χ3n) is 6.20. The number of benzene rings is 2. The molecular weight excluding hydrogens is 431 g/mol. The van der Waals surface area contributed by atoms with Crippen LogP contribution in [0.25, 0.3) is 10.9 Å². The maximum absolute atomic E-state index is 13.2. The Morgan fingerprint density at radius 1 is 1.15 bits per heavy atom. The molecule has 0 spiro atoms. The van der Waals surface area contributed by atoms with Crippen LogP contribution in [0.15, 0.2) is 54.6 Å². The first-order valence-electron chi connectivity index (χ1n) is 11.3. The first kappa shape index (κ1) is 23.2. The van der Waals surface area contributed by atoms with Gasteiger partial charge < -0.3 is 19.9 Å². The monoisotopic (exact) mass is 459 g/mol. The minimum absolute atomic E-state index is 0.0135. The lowest BCUT2D eigenvalue weighted by Crippen LogP contribution is -2.46. The van der Waals surface area contributed by atoms with E-state index in [9.17, 15) is 18.0 Å². The second-order valence-electron chi connectivity index (χ2n) is 8.45. The minimum atomic E-state index is -4.69. The van der Waals surface area contributed by atoms with Crippen molar-refractivity contribution < 1.29 is 22.7 Å². The molecule has 0 radical (unpaired) electrons. The third kappa shape index (κ3) is 5.87. The lowest BCUT2D eigenvalue weighted by atomic mass is 9.89. The molecule has 1 aliphatic carbocycles. The molecule has 0 bridgehead atoms. The van der Waals surface area contributed by atoms with Crippen molar-refractivity contribution in [3.63, 3.8) is 0 Å². The van der Waals surface area contributed by atoms with Crippen molar-refractivity contribution >= 4 is 16.8 Å². The molecule has 0 unspecified atom stereocenters. The van der Waals surface area contributed by atoms with Gasteiger partial charge in [-0.25, -0.2) is 0 Å². The zero-order valence-corrected chi connectivity index (χ0v) is 18.5. The Bertz CT molecular complexity index is 1050. The number of carbonyl (C=O) groups is 1. The van der Waals surface area contributed by atoms with Crippen LogP contribution in [-0.2, 0) is 6.54 Å². The normalized spacial score (nSPS) is 18.9. The Labute approximate surface area is 190 Å². The van der Waals surface area contributed by atoms with Crippen LogP contribution in [0.4, 0.5) is 13.2 Å². The van der Waals surface area contributed by atoms with Crippen molar-refractivity contribution in [1.82, 2.24) is 15.2 Å². The van der Waals surface area contributed by atoms with Gasteiger partial charge >= 0.3 is 6.36 Å². The fourth-order valence-electron chi connectivity index (χ4n) is 4.61. The van der Waals surface area contributed by atoms with E-state index in [1.54, 1.807) is 12.1 Å². The molecule has 33 heavy (non-hydrogen) atoms. The van der Waals surface area contributed by atoms with Crippen molar-refractivity contribution in [1.29, 1.82) is 0 Å². The Kier molecular flexibility index (Phi) is 6.93. The summed E-state index contributed by atoms with van der Waals surface area (Å²) in [6, 6.07) is 16.0. The minimum Gasteiger partial charge on any atom is -0.406 e. The topological polar surface area (TPSA) is 57.4 Å². The highest BCUT2D eigenvalue weighted by Gasteiger charge is 2.31. The SMILES string of the molecule is CCN(C(=O)c1cc2ccccc2[nH]1)[C@H]1CCC[C@@H](NCc2ccc(OC(F)(F)F)cc2)C1. The summed E-state index contributed by atoms with van der Waals surface area (Å²) in [4.78, 5) is 18.4. The van der Waals surface area contributed by atoms with Crippen molar-refractivity contribution in [3.05, 3.63) is 65.9 Å². The van der Waals surface area contributed by atoms with Gasteiger partial charge in [0.1, 0.15) is 11.4 Å². The maximum atomic E-state index is 13.2. The maximum Gasteiger partial charge on any atom is 0.573 e. The molecule has 1 fully saturated rings. The molecule has 1 aliphatic rings. The molecule has 2 aromatic carbocycles. The van der Waals surface area contributed by atoms with E-state index < -0.39 is 6.36 Å².